The van der Waals surface area contributed by atoms with Gasteiger partial charge in [0.15, 0.2) is 0 Å². The van der Waals surface area contributed by atoms with Crippen LogP contribution in [-0.2, 0) is 10.2 Å². The molecule has 1 saturated carbocycles. The second-order valence-corrected chi connectivity index (χ2v) is 7.97. The van der Waals surface area contributed by atoms with Crippen LogP contribution in [0.25, 0.3) is 0 Å². The van der Waals surface area contributed by atoms with Crippen molar-refractivity contribution in [2.75, 3.05) is 7.11 Å². The van der Waals surface area contributed by atoms with Crippen molar-refractivity contribution in [1.82, 2.24) is 5.43 Å². The van der Waals surface area contributed by atoms with E-state index in [1.54, 1.807) is 13.3 Å². The Morgan fingerprint density at radius 3 is 2.13 bits per heavy atom. The number of carbonyl (C=O) groups excluding carboxylic acids is 1. The van der Waals surface area contributed by atoms with Crippen LogP contribution in [0.2, 0.25) is 0 Å². The molecule has 0 aromatic heterocycles. The van der Waals surface area contributed by atoms with E-state index in [-0.39, 0.29) is 17.2 Å². The van der Waals surface area contributed by atoms with Gasteiger partial charge >= 0.3 is 0 Å². The maximum atomic E-state index is 13.0. The molecule has 1 unspecified atom stereocenters. The van der Waals surface area contributed by atoms with Crippen LogP contribution in [-0.4, -0.2) is 19.2 Å². The lowest BCUT2D eigenvalue weighted by molar-refractivity contribution is -0.122. The normalized spacial score (nSPS) is 17.0. The van der Waals surface area contributed by atoms with Crippen LogP contribution in [0.3, 0.4) is 0 Å². The Labute approximate surface area is 177 Å². The van der Waals surface area contributed by atoms with Crippen molar-refractivity contribution in [3.05, 3.63) is 101 Å². The summed E-state index contributed by atoms with van der Waals surface area (Å²) in [5.74, 6) is 0.590. The minimum absolute atomic E-state index is 0.0530. The fourth-order valence-corrected chi connectivity index (χ4v) is 4.17. The van der Waals surface area contributed by atoms with Gasteiger partial charge in [-0.2, -0.15) is 5.10 Å². The highest BCUT2D eigenvalue weighted by Gasteiger charge is 2.60. The zero-order valence-electron chi connectivity index (χ0n) is 17.6. The largest absolute Gasteiger partial charge is 0.497 e. The third kappa shape index (κ3) is 3.86. The molecule has 4 rings (SSSR count). The molecule has 0 spiro atoms. The summed E-state index contributed by atoms with van der Waals surface area (Å²) in [5.41, 5.74) is 8.12. The Bertz CT molecular complexity index is 1040. The smallest absolute Gasteiger partial charge is 0.244 e. The van der Waals surface area contributed by atoms with E-state index in [2.05, 4.69) is 72.9 Å². The number of nitrogens with zero attached hydrogens (tertiary/aromatic N) is 1. The highest BCUT2D eigenvalue weighted by Crippen LogP contribution is 2.59. The number of hydrogen-bond donors (Lipinski definition) is 1. The van der Waals surface area contributed by atoms with E-state index >= 15 is 0 Å². The van der Waals surface area contributed by atoms with Crippen LogP contribution < -0.4 is 10.2 Å². The molecule has 30 heavy (non-hydrogen) atoms. The topological polar surface area (TPSA) is 50.7 Å². The molecule has 1 atom stereocenters. The zero-order chi connectivity index (χ0) is 21.1. The van der Waals surface area contributed by atoms with Crippen molar-refractivity contribution in [1.29, 1.82) is 0 Å². The molecule has 1 N–H and O–H groups in total. The molecule has 0 radical (unpaired) electrons. The summed E-state index contributed by atoms with van der Waals surface area (Å²) in [4.78, 5) is 13.0. The standard InChI is InChI=1S/C26H26N2O2/c1-18-6-4-8-21(14-18)26(22-9-5-7-19(2)15-22)16-24(26)25(29)28-27-17-20-10-12-23(30-3)13-11-20/h4-15,17,24H,16H2,1-3H3,(H,28,29). The van der Waals surface area contributed by atoms with Crippen molar-refractivity contribution in [3.8, 4) is 5.75 Å². The van der Waals surface area contributed by atoms with Gasteiger partial charge in [-0.05, 0) is 61.2 Å². The molecule has 0 heterocycles. The summed E-state index contributed by atoms with van der Waals surface area (Å²) in [7, 11) is 1.63. The molecule has 4 heteroatoms. The molecule has 1 fully saturated rings. The van der Waals surface area contributed by atoms with Crippen LogP contribution >= 0.6 is 0 Å². The van der Waals surface area contributed by atoms with Gasteiger partial charge in [-0.15, -0.1) is 0 Å². The summed E-state index contributed by atoms with van der Waals surface area (Å²) in [6.45, 7) is 4.17. The van der Waals surface area contributed by atoms with Crippen molar-refractivity contribution < 1.29 is 9.53 Å². The highest BCUT2D eigenvalue weighted by molar-refractivity contribution is 5.87. The van der Waals surface area contributed by atoms with E-state index in [9.17, 15) is 4.79 Å². The summed E-state index contributed by atoms with van der Waals surface area (Å²) in [6, 6.07) is 24.5. The lowest BCUT2D eigenvalue weighted by Gasteiger charge is -2.19. The summed E-state index contributed by atoms with van der Waals surface area (Å²) in [5, 5.41) is 4.18. The van der Waals surface area contributed by atoms with E-state index < -0.39 is 0 Å². The average molecular weight is 399 g/mol. The summed E-state index contributed by atoms with van der Waals surface area (Å²) in [6.07, 6.45) is 2.44. The number of hydrazone groups is 1. The number of ether oxygens (including phenoxy) is 1. The van der Waals surface area contributed by atoms with Gasteiger partial charge in [0.25, 0.3) is 0 Å². The number of rotatable bonds is 6. The Hall–Kier alpha value is -3.40. The highest BCUT2D eigenvalue weighted by atomic mass is 16.5. The van der Waals surface area contributed by atoms with E-state index in [0.717, 1.165) is 17.7 Å². The Balaban J connectivity index is 1.55. The lowest BCUT2D eigenvalue weighted by Crippen LogP contribution is -2.25. The molecule has 1 amide bonds. The SMILES string of the molecule is COc1ccc(C=NNC(=O)C2CC2(c2cccc(C)c2)c2cccc(C)c2)cc1. The van der Waals surface area contributed by atoms with Crippen molar-refractivity contribution in [3.63, 3.8) is 0 Å². The lowest BCUT2D eigenvalue weighted by atomic mass is 9.84. The maximum Gasteiger partial charge on any atom is 0.244 e. The fourth-order valence-electron chi connectivity index (χ4n) is 4.17. The zero-order valence-corrected chi connectivity index (χ0v) is 17.6. The molecule has 3 aromatic rings. The Kier molecular flexibility index (Phi) is 5.40. The van der Waals surface area contributed by atoms with Crippen LogP contribution in [0.4, 0.5) is 0 Å². The van der Waals surface area contributed by atoms with Crippen LogP contribution in [0.15, 0.2) is 77.9 Å². The number of hydrogen-bond acceptors (Lipinski definition) is 3. The van der Waals surface area contributed by atoms with E-state index in [0.29, 0.717) is 0 Å². The van der Waals surface area contributed by atoms with Crippen molar-refractivity contribution >= 4 is 12.1 Å². The molecule has 1 aliphatic rings. The maximum absolute atomic E-state index is 13.0. The van der Waals surface area contributed by atoms with Gasteiger partial charge in [0.2, 0.25) is 5.91 Å². The summed E-state index contributed by atoms with van der Waals surface area (Å²) >= 11 is 0. The first kappa shape index (κ1) is 19.9. The Morgan fingerprint density at radius 1 is 1.00 bits per heavy atom. The molecule has 0 aliphatic heterocycles. The first-order valence-electron chi connectivity index (χ1n) is 10.1. The molecule has 1 aliphatic carbocycles. The molecule has 4 nitrogen and oxygen atoms in total. The number of aryl methyl sites for hydroxylation is 2. The van der Waals surface area contributed by atoms with Crippen LogP contribution in [0.5, 0.6) is 5.75 Å². The van der Waals surface area contributed by atoms with E-state index in [1.807, 2.05) is 24.3 Å². The van der Waals surface area contributed by atoms with E-state index in [4.69, 9.17) is 4.74 Å². The first-order chi connectivity index (χ1) is 14.5. The predicted octanol–water partition coefficient (Wildman–Crippen LogP) is 4.77. The van der Waals surface area contributed by atoms with Gasteiger partial charge in [0, 0.05) is 5.41 Å². The van der Waals surface area contributed by atoms with Crippen LogP contribution in [0.1, 0.15) is 34.2 Å². The second kappa shape index (κ2) is 8.15. The third-order valence-electron chi connectivity index (χ3n) is 5.85. The predicted molar refractivity (Wildman–Crippen MR) is 120 cm³/mol. The average Bonchev–Trinajstić information content (AvgIpc) is 3.51. The monoisotopic (exact) mass is 398 g/mol. The molecule has 0 saturated heterocycles. The fraction of sp³-hybridized carbons (Fsp3) is 0.231. The number of benzene rings is 3. The van der Waals surface area contributed by atoms with Gasteiger partial charge in [-0.25, -0.2) is 5.43 Å². The summed E-state index contributed by atoms with van der Waals surface area (Å²) < 4.78 is 5.16. The molecular weight excluding hydrogens is 372 g/mol. The van der Waals surface area contributed by atoms with Crippen LogP contribution in [0, 0.1) is 19.8 Å². The Morgan fingerprint density at radius 2 is 1.60 bits per heavy atom. The minimum Gasteiger partial charge on any atom is -0.497 e. The molecule has 0 bridgehead atoms. The first-order valence-corrected chi connectivity index (χ1v) is 10.1. The number of carbonyl (C=O) groups is 1. The number of amides is 1. The third-order valence-corrected chi connectivity index (χ3v) is 5.85. The number of nitrogens with one attached hydrogen (secondary N) is 1. The van der Waals surface area contributed by atoms with Crippen molar-refractivity contribution in [2.45, 2.75) is 25.7 Å². The van der Waals surface area contributed by atoms with E-state index in [1.165, 1.54) is 22.3 Å². The molecular formula is C26H26N2O2. The minimum atomic E-state index is -0.294. The molecule has 3 aromatic carbocycles. The molecule has 152 valence electrons. The van der Waals surface area contributed by atoms with Gasteiger partial charge in [0.05, 0.1) is 19.2 Å². The van der Waals surface area contributed by atoms with Gasteiger partial charge in [0.1, 0.15) is 5.75 Å². The van der Waals surface area contributed by atoms with Crippen molar-refractivity contribution in [2.24, 2.45) is 11.0 Å². The van der Waals surface area contributed by atoms with Gasteiger partial charge < -0.3 is 4.74 Å². The second-order valence-electron chi connectivity index (χ2n) is 7.97. The van der Waals surface area contributed by atoms with Gasteiger partial charge in [-0.3, -0.25) is 4.79 Å². The quantitative estimate of drug-likeness (QED) is 0.480. The van der Waals surface area contributed by atoms with Gasteiger partial charge in [-0.1, -0.05) is 59.7 Å². The number of methoxy groups -OCH3 is 1.